The van der Waals surface area contributed by atoms with E-state index in [2.05, 4.69) is 12.0 Å². The van der Waals surface area contributed by atoms with Crippen LogP contribution in [0.3, 0.4) is 0 Å². The van der Waals surface area contributed by atoms with Crippen molar-refractivity contribution in [3.05, 3.63) is 21.6 Å². The Hall–Kier alpha value is -0.990. The number of hydrogen-bond donors (Lipinski definition) is 1. The largest absolute Gasteiger partial charge is 0.299 e. The van der Waals surface area contributed by atoms with E-state index in [-0.39, 0.29) is 11.1 Å². The van der Waals surface area contributed by atoms with Crippen molar-refractivity contribution >= 4 is 0 Å². The van der Waals surface area contributed by atoms with Crippen LogP contribution in [0.15, 0.2) is 4.79 Å². The third-order valence-electron chi connectivity index (χ3n) is 2.67. The second-order valence-corrected chi connectivity index (χ2v) is 5.13. The molecule has 0 unspecified atom stereocenters. The zero-order chi connectivity index (χ0) is 11.6. The third kappa shape index (κ3) is 2.52. The first kappa shape index (κ1) is 12.1. The molecule has 0 radical (unpaired) electrons. The fourth-order valence-electron chi connectivity index (χ4n) is 1.64. The van der Waals surface area contributed by atoms with Gasteiger partial charge < -0.3 is 0 Å². The van der Waals surface area contributed by atoms with Crippen LogP contribution >= 0.6 is 0 Å². The summed E-state index contributed by atoms with van der Waals surface area (Å²) in [5.41, 5.74) is 1.93. The second-order valence-electron chi connectivity index (χ2n) is 5.13. The standard InChI is InChI=1S/C12H22N2O/c1-6-7-8-10-9(2)11(15)14(13-10)12(3,4)5/h13H,6-8H2,1-5H3. The molecule has 1 N–H and O–H groups in total. The zero-order valence-corrected chi connectivity index (χ0v) is 10.5. The predicted octanol–water partition coefficient (Wildman–Crippen LogP) is 2.58. The normalized spacial score (nSPS) is 12.1. The maximum atomic E-state index is 11.9. The third-order valence-corrected chi connectivity index (χ3v) is 2.67. The van der Waals surface area contributed by atoms with Crippen LogP contribution in [-0.2, 0) is 12.0 Å². The lowest BCUT2D eigenvalue weighted by Crippen LogP contribution is -2.32. The first-order valence-corrected chi connectivity index (χ1v) is 5.69. The van der Waals surface area contributed by atoms with Crippen molar-refractivity contribution < 1.29 is 0 Å². The van der Waals surface area contributed by atoms with E-state index in [4.69, 9.17) is 0 Å². The van der Waals surface area contributed by atoms with Crippen molar-refractivity contribution in [2.24, 2.45) is 0 Å². The number of aromatic amines is 1. The number of H-pyrrole nitrogens is 1. The molecular weight excluding hydrogens is 188 g/mol. The van der Waals surface area contributed by atoms with E-state index < -0.39 is 0 Å². The molecule has 86 valence electrons. The van der Waals surface area contributed by atoms with Crippen LogP contribution in [-0.4, -0.2) is 9.78 Å². The molecule has 0 aromatic carbocycles. The summed E-state index contributed by atoms with van der Waals surface area (Å²) in [7, 11) is 0. The van der Waals surface area contributed by atoms with Crippen molar-refractivity contribution in [1.29, 1.82) is 0 Å². The van der Waals surface area contributed by atoms with Crippen LogP contribution in [0.2, 0.25) is 0 Å². The maximum Gasteiger partial charge on any atom is 0.270 e. The molecule has 3 nitrogen and oxygen atoms in total. The van der Waals surface area contributed by atoms with E-state index in [0.717, 1.165) is 30.5 Å². The highest BCUT2D eigenvalue weighted by molar-refractivity contribution is 5.16. The molecule has 1 aromatic heterocycles. The van der Waals surface area contributed by atoms with E-state index in [1.54, 1.807) is 4.68 Å². The van der Waals surface area contributed by atoms with Gasteiger partial charge in [0.25, 0.3) is 5.56 Å². The molecule has 0 amide bonds. The number of aryl methyl sites for hydroxylation is 1. The van der Waals surface area contributed by atoms with Crippen LogP contribution < -0.4 is 5.56 Å². The molecule has 0 bridgehead atoms. The van der Waals surface area contributed by atoms with Crippen LogP contribution in [0.1, 0.15) is 51.8 Å². The van der Waals surface area contributed by atoms with Gasteiger partial charge in [-0.15, -0.1) is 0 Å². The van der Waals surface area contributed by atoms with Crippen LogP contribution in [0.5, 0.6) is 0 Å². The number of nitrogens with zero attached hydrogens (tertiary/aromatic N) is 1. The Morgan fingerprint density at radius 3 is 2.33 bits per heavy atom. The van der Waals surface area contributed by atoms with Gasteiger partial charge in [-0.2, -0.15) is 0 Å². The molecule has 0 spiro atoms. The minimum Gasteiger partial charge on any atom is -0.299 e. The summed E-state index contributed by atoms with van der Waals surface area (Å²) in [5.74, 6) is 0. The molecule has 1 rings (SSSR count). The van der Waals surface area contributed by atoms with E-state index >= 15 is 0 Å². The van der Waals surface area contributed by atoms with Gasteiger partial charge in [-0.1, -0.05) is 13.3 Å². The molecule has 0 atom stereocenters. The highest BCUT2D eigenvalue weighted by atomic mass is 16.1. The number of hydrogen-bond acceptors (Lipinski definition) is 1. The fraction of sp³-hybridized carbons (Fsp3) is 0.750. The van der Waals surface area contributed by atoms with Gasteiger partial charge in [0.05, 0.1) is 5.54 Å². The van der Waals surface area contributed by atoms with Gasteiger partial charge in [0.2, 0.25) is 0 Å². The van der Waals surface area contributed by atoms with Gasteiger partial charge in [0.15, 0.2) is 0 Å². The molecule has 0 saturated heterocycles. The van der Waals surface area contributed by atoms with E-state index in [0.29, 0.717) is 0 Å². The van der Waals surface area contributed by atoms with Crippen LogP contribution in [0.25, 0.3) is 0 Å². The summed E-state index contributed by atoms with van der Waals surface area (Å²) in [5, 5.41) is 3.23. The second kappa shape index (κ2) is 4.25. The van der Waals surface area contributed by atoms with Gasteiger partial charge >= 0.3 is 0 Å². The quantitative estimate of drug-likeness (QED) is 0.818. The monoisotopic (exact) mass is 210 g/mol. The minimum absolute atomic E-state index is 0.119. The number of unbranched alkanes of at least 4 members (excludes halogenated alkanes) is 1. The lowest BCUT2D eigenvalue weighted by molar-refractivity contribution is 0.343. The molecule has 0 aliphatic rings. The average Bonchev–Trinajstić information content (AvgIpc) is 2.41. The van der Waals surface area contributed by atoms with Gasteiger partial charge in [-0.05, 0) is 40.5 Å². The first-order chi connectivity index (χ1) is 6.88. The highest BCUT2D eigenvalue weighted by Gasteiger charge is 2.19. The van der Waals surface area contributed by atoms with Gasteiger partial charge in [-0.3, -0.25) is 9.89 Å². The molecule has 0 aliphatic carbocycles. The molecule has 0 fully saturated rings. The van der Waals surface area contributed by atoms with Crippen LogP contribution in [0, 0.1) is 6.92 Å². The summed E-state index contributed by atoms with van der Waals surface area (Å²) in [6.07, 6.45) is 3.26. The highest BCUT2D eigenvalue weighted by Crippen LogP contribution is 2.13. The topological polar surface area (TPSA) is 37.8 Å². The Labute approximate surface area is 91.5 Å². The molecule has 1 heterocycles. The Bertz CT molecular complexity index is 379. The molecule has 3 heteroatoms. The molecule has 0 aliphatic heterocycles. The van der Waals surface area contributed by atoms with Crippen molar-refractivity contribution in [3.63, 3.8) is 0 Å². The number of aromatic nitrogens is 2. The van der Waals surface area contributed by atoms with Gasteiger partial charge in [0.1, 0.15) is 0 Å². The van der Waals surface area contributed by atoms with Gasteiger partial charge in [0, 0.05) is 11.3 Å². The summed E-state index contributed by atoms with van der Waals surface area (Å²) < 4.78 is 1.73. The summed E-state index contributed by atoms with van der Waals surface area (Å²) in [4.78, 5) is 11.9. The molecular formula is C12H22N2O. The Morgan fingerprint density at radius 1 is 1.33 bits per heavy atom. The smallest absolute Gasteiger partial charge is 0.270 e. The molecule has 0 saturated carbocycles. The van der Waals surface area contributed by atoms with Crippen molar-refractivity contribution in [1.82, 2.24) is 9.78 Å². The number of rotatable bonds is 3. The first-order valence-electron chi connectivity index (χ1n) is 5.69. The Kier molecular flexibility index (Phi) is 3.42. The molecule has 15 heavy (non-hydrogen) atoms. The average molecular weight is 210 g/mol. The summed E-state index contributed by atoms with van der Waals surface area (Å²) in [6.45, 7) is 10.2. The maximum absolute atomic E-state index is 11.9. The Morgan fingerprint density at radius 2 is 1.93 bits per heavy atom. The van der Waals surface area contributed by atoms with Crippen molar-refractivity contribution in [2.75, 3.05) is 0 Å². The number of nitrogens with one attached hydrogen (secondary N) is 1. The van der Waals surface area contributed by atoms with E-state index in [1.165, 1.54) is 0 Å². The minimum atomic E-state index is -0.160. The fourth-order valence-corrected chi connectivity index (χ4v) is 1.64. The lowest BCUT2D eigenvalue weighted by atomic mass is 10.1. The van der Waals surface area contributed by atoms with E-state index in [9.17, 15) is 4.79 Å². The van der Waals surface area contributed by atoms with Crippen molar-refractivity contribution in [2.45, 2.75) is 59.4 Å². The predicted molar refractivity (Wildman–Crippen MR) is 63.4 cm³/mol. The van der Waals surface area contributed by atoms with Crippen molar-refractivity contribution in [3.8, 4) is 0 Å². The van der Waals surface area contributed by atoms with E-state index in [1.807, 2.05) is 27.7 Å². The Balaban J connectivity index is 3.08. The summed E-state index contributed by atoms with van der Waals surface area (Å²) >= 11 is 0. The van der Waals surface area contributed by atoms with Crippen LogP contribution in [0.4, 0.5) is 0 Å². The SMILES string of the molecule is CCCCc1[nH]n(C(C)(C)C)c(=O)c1C. The molecule has 1 aromatic rings. The van der Waals surface area contributed by atoms with Gasteiger partial charge in [-0.25, -0.2) is 4.68 Å². The lowest BCUT2D eigenvalue weighted by Gasteiger charge is -2.19. The summed E-state index contributed by atoms with van der Waals surface area (Å²) in [6, 6.07) is 0. The zero-order valence-electron chi connectivity index (χ0n) is 10.5.